The van der Waals surface area contributed by atoms with E-state index in [1.54, 1.807) is 6.92 Å². The van der Waals surface area contributed by atoms with E-state index in [0.29, 0.717) is 44.4 Å². The van der Waals surface area contributed by atoms with Crippen molar-refractivity contribution in [3.05, 3.63) is 35.8 Å². The fraction of sp³-hybridized carbons (Fsp3) is 0.500. The first-order valence-electron chi connectivity index (χ1n) is 8.43. The molecule has 0 bridgehead atoms. The number of para-hydroxylation sites is 2. The summed E-state index contributed by atoms with van der Waals surface area (Å²) in [6, 6.07) is 8.03. The van der Waals surface area contributed by atoms with Crippen LogP contribution in [0.1, 0.15) is 13.8 Å². The van der Waals surface area contributed by atoms with Crippen LogP contribution in [-0.2, 0) is 14.3 Å². The van der Waals surface area contributed by atoms with Gasteiger partial charge in [-0.3, -0.25) is 4.79 Å². The molecule has 0 radical (unpaired) electrons. The SMILES string of the molecule is CCOc1ccccc1N1CCN(C(=O)C2=C(C)OCCO2)CC1. The van der Waals surface area contributed by atoms with Crippen LogP contribution in [0.5, 0.6) is 5.75 Å². The van der Waals surface area contributed by atoms with Crippen LogP contribution in [0.3, 0.4) is 0 Å². The summed E-state index contributed by atoms with van der Waals surface area (Å²) >= 11 is 0. The number of benzene rings is 1. The molecule has 0 aromatic heterocycles. The van der Waals surface area contributed by atoms with E-state index in [0.717, 1.165) is 24.5 Å². The van der Waals surface area contributed by atoms with E-state index >= 15 is 0 Å². The number of nitrogens with zero attached hydrogens (tertiary/aromatic N) is 2. The molecule has 2 aliphatic heterocycles. The fourth-order valence-electron chi connectivity index (χ4n) is 3.01. The van der Waals surface area contributed by atoms with E-state index in [9.17, 15) is 4.79 Å². The summed E-state index contributed by atoms with van der Waals surface area (Å²) in [6.45, 7) is 8.17. The minimum atomic E-state index is -0.0788. The van der Waals surface area contributed by atoms with E-state index in [1.165, 1.54) is 0 Å². The summed E-state index contributed by atoms with van der Waals surface area (Å²) in [6.07, 6.45) is 0. The molecule has 6 heteroatoms. The zero-order chi connectivity index (χ0) is 16.9. The number of piperazine rings is 1. The first-order valence-corrected chi connectivity index (χ1v) is 8.43. The third-order valence-corrected chi connectivity index (χ3v) is 4.23. The van der Waals surface area contributed by atoms with Crippen LogP contribution in [0.4, 0.5) is 5.69 Å². The molecule has 2 aliphatic rings. The van der Waals surface area contributed by atoms with Gasteiger partial charge in [-0.25, -0.2) is 0 Å². The summed E-state index contributed by atoms with van der Waals surface area (Å²) in [4.78, 5) is 16.7. The van der Waals surface area contributed by atoms with Crippen LogP contribution < -0.4 is 9.64 Å². The first kappa shape index (κ1) is 16.5. The largest absolute Gasteiger partial charge is 0.492 e. The number of rotatable bonds is 4. The maximum Gasteiger partial charge on any atom is 0.292 e. The van der Waals surface area contributed by atoms with E-state index < -0.39 is 0 Å². The van der Waals surface area contributed by atoms with Gasteiger partial charge in [0, 0.05) is 26.2 Å². The van der Waals surface area contributed by atoms with Gasteiger partial charge in [0.05, 0.1) is 12.3 Å². The minimum Gasteiger partial charge on any atom is -0.492 e. The zero-order valence-corrected chi connectivity index (χ0v) is 14.3. The predicted molar refractivity (Wildman–Crippen MR) is 91.0 cm³/mol. The second kappa shape index (κ2) is 7.47. The molecule has 0 unspecified atom stereocenters. The summed E-state index contributed by atoms with van der Waals surface area (Å²) in [5.41, 5.74) is 1.08. The molecule has 3 rings (SSSR count). The normalized spacial score (nSPS) is 18.1. The molecule has 6 nitrogen and oxygen atoms in total. The maximum absolute atomic E-state index is 12.6. The van der Waals surface area contributed by atoms with Gasteiger partial charge < -0.3 is 24.0 Å². The molecule has 1 aromatic rings. The van der Waals surface area contributed by atoms with Gasteiger partial charge in [0.2, 0.25) is 5.76 Å². The van der Waals surface area contributed by atoms with Crippen molar-refractivity contribution in [2.24, 2.45) is 0 Å². The van der Waals surface area contributed by atoms with E-state index in [-0.39, 0.29) is 5.91 Å². The highest BCUT2D eigenvalue weighted by Crippen LogP contribution is 2.29. The second-order valence-electron chi connectivity index (χ2n) is 5.76. The molecule has 1 fully saturated rings. The van der Waals surface area contributed by atoms with E-state index in [1.807, 2.05) is 30.0 Å². The van der Waals surface area contributed by atoms with Crippen molar-refractivity contribution >= 4 is 11.6 Å². The van der Waals surface area contributed by atoms with Crippen LogP contribution >= 0.6 is 0 Å². The molecular formula is C18H24N2O4. The van der Waals surface area contributed by atoms with E-state index in [2.05, 4.69) is 11.0 Å². The molecule has 0 atom stereocenters. The van der Waals surface area contributed by atoms with Gasteiger partial charge in [-0.05, 0) is 26.0 Å². The Kier molecular flexibility index (Phi) is 5.13. The number of ether oxygens (including phenoxy) is 3. The Morgan fingerprint density at radius 3 is 2.54 bits per heavy atom. The highest BCUT2D eigenvalue weighted by Gasteiger charge is 2.28. The quantitative estimate of drug-likeness (QED) is 0.844. The average molecular weight is 332 g/mol. The molecule has 130 valence electrons. The molecule has 0 saturated carbocycles. The zero-order valence-electron chi connectivity index (χ0n) is 14.3. The number of hydrogen-bond donors (Lipinski definition) is 0. The van der Waals surface area contributed by atoms with Gasteiger partial charge in [-0.15, -0.1) is 0 Å². The van der Waals surface area contributed by atoms with Crippen LogP contribution in [-0.4, -0.2) is 56.8 Å². The average Bonchev–Trinajstić information content (AvgIpc) is 2.63. The molecule has 1 aromatic carbocycles. The van der Waals surface area contributed by atoms with Crippen molar-refractivity contribution in [1.82, 2.24) is 4.90 Å². The Morgan fingerprint density at radius 2 is 1.83 bits per heavy atom. The molecule has 1 saturated heterocycles. The highest BCUT2D eigenvalue weighted by atomic mass is 16.6. The molecular weight excluding hydrogens is 308 g/mol. The van der Waals surface area contributed by atoms with Crippen LogP contribution in [0.15, 0.2) is 35.8 Å². The number of anilines is 1. The number of carbonyl (C=O) groups is 1. The molecule has 24 heavy (non-hydrogen) atoms. The summed E-state index contributed by atoms with van der Waals surface area (Å²) < 4.78 is 16.6. The summed E-state index contributed by atoms with van der Waals surface area (Å²) in [5, 5.41) is 0. The summed E-state index contributed by atoms with van der Waals surface area (Å²) in [7, 11) is 0. The predicted octanol–water partition coefficient (Wildman–Crippen LogP) is 2.01. The lowest BCUT2D eigenvalue weighted by Gasteiger charge is -2.37. The summed E-state index contributed by atoms with van der Waals surface area (Å²) in [5.74, 6) is 1.74. The Morgan fingerprint density at radius 1 is 1.12 bits per heavy atom. The monoisotopic (exact) mass is 332 g/mol. The third-order valence-electron chi connectivity index (χ3n) is 4.23. The topological polar surface area (TPSA) is 51.2 Å². The van der Waals surface area contributed by atoms with Crippen molar-refractivity contribution in [1.29, 1.82) is 0 Å². The third kappa shape index (κ3) is 3.42. The second-order valence-corrected chi connectivity index (χ2v) is 5.76. The van der Waals surface area contributed by atoms with Gasteiger partial charge in [-0.1, -0.05) is 12.1 Å². The standard InChI is InChI=1S/C18H24N2O4/c1-3-22-16-7-5-4-6-15(16)19-8-10-20(11-9-19)18(21)17-14(2)23-12-13-24-17/h4-7H,3,8-13H2,1-2H3. The van der Waals surface area contributed by atoms with Gasteiger partial charge in [0.1, 0.15) is 24.7 Å². The number of carbonyl (C=O) groups excluding carboxylic acids is 1. The number of allylic oxidation sites excluding steroid dienone is 1. The highest BCUT2D eigenvalue weighted by molar-refractivity contribution is 5.92. The smallest absolute Gasteiger partial charge is 0.292 e. The Balaban J connectivity index is 1.65. The molecule has 0 N–H and O–H groups in total. The van der Waals surface area contributed by atoms with Crippen molar-refractivity contribution in [2.45, 2.75) is 13.8 Å². The van der Waals surface area contributed by atoms with Crippen LogP contribution in [0.2, 0.25) is 0 Å². The number of amides is 1. The first-order chi connectivity index (χ1) is 11.7. The Hall–Kier alpha value is -2.37. The van der Waals surface area contributed by atoms with Crippen LogP contribution in [0.25, 0.3) is 0 Å². The maximum atomic E-state index is 12.6. The van der Waals surface area contributed by atoms with Crippen molar-refractivity contribution < 1.29 is 19.0 Å². The molecule has 1 amide bonds. The molecule has 2 heterocycles. The van der Waals surface area contributed by atoms with Gasteiger partial charge in [0.25, 0.3) is 5.91 Å². The van der Waals surface area contributed by atoms with Gasteiger partial charge >= 0.3 is 0 Å². The Bertz CT molecular complexity index is 621. The van der Waals surface area contributed by atoms with Gasteiger partial charge in [0.15, 0.2) is 0 Å². The Labute approximate surface area is 142 Å². The van der Waals surface area contributed by atoms with Crippen molar-refractivity contribution in [3.63, 3.8) is 0 Å². The van der Waals surface area contributed by atoms with Gasteiger partial charge in [-0.2, -0.15) is 0 Å². The van der Waals surface area contributed by atoms with Crippen molar-refractivity contribution in [2.75, 3.05) is 50.9 Å². The molecule has 0 spiro atoms. The molecule has 0 aliphatic carbocycles. The lowest BCUT2D eigenvalue weighted by molar-refractivity contribution is -0.133. The lowest BCUT2D eigenvalue weighted by Crippen LogP contribution is -2.49. The van der Waals surface area contributed by atoms with E-state index in [4.69, 9.17) is 14.2 Å². The fourth-order valence-corrected chi connectivity index (χ4v) is 3.01. The number of hydrogen-bond acceptors (Lipinski definition) is 5. The minimum absolute atomic E-state index is 0.0788. The van der Waals surface area contributed by atoms with Crippen molar-refractivity contribution in [3.8, 4) is 5.75 Å². The van der Waals surface area contributed by atoms with Crippen LogP contribution in [0, 0.1) is 0 Å². The lowest BCUT2D eigenvalue weighted by atomic mass is 10.2.